The van der Waals surface area contributed by atoms with Crippen LogP contribution in [0.4, 0.5) is 5.69 Å². The van der Waals surface area contributed by atoms with Gasteiger partial charge in [-0.1, -0.05) is 6.92 Å². The molecule has 12 heavy (non-hydrogen) atoms. The van der Waals surface area contributed by atoms with E-state index in [1.165, 1.54) is 6.26 Å². The van der Waals surface area contributed by atoms with Crippen LogP contribution in [-0.4, -0.2) is 6.54 Å². The van der Waals surface area contributed by atoms with E-state index in [0.717, 1.165) is 17.4 Å². The molecule has 0 aliphatic carbocycles. The largest absolute Gasteiger partial charge is 0.429 e. The molecule has 3 nitrogen and oxygen atoms in total. The monoisotopic (exact) mass is 231 g/mol. The molecule has 0 fully saturated rings. The summed E-state index contributed by atoms with van der Waals surface area (Å²) in [7, 11) is 0. The zero-order valence-electron chi connectivity index (χ0n) is 6.76. The van der Waals surface area contributed by atoms with Crippen LogP contribution in [0.1, 0.15) is 13.3 Å². The predicted molar refractivity (Wildman–Crippen MR) is 51.5 cm³/mol. The van der Waals surface area contributed by atoms with Crippen LogP contribution in [0.3, 0.4) is 0 Å². The Morgan fingerprint density at radius 2 is 2.42 bits per heavy atom. The Morgan fingerprint density at radius 1 is 1.67 bits per heavy atom. The first-order valence-electron chi connectivity index (χ1n) is 3.76. The van der Waals surface area contributed by atoms with E-state index in [9.17, 15) is 4.79 Å². The minimum Gasteiger partial charge on any atom is -0.429 e. The van der Waals surface area contributed by atoms with Crippen LogP contribution in [0.2, 0.25) is 0 Å². The Labute approximate surface area is 78.9 Å². The maximum absolute atomic E-state index is 11.0. The molecule has 1 N–H and O–H groups in total. The van der Waals surface area contributed by atoms with Gasteiger partial charge in [0.2, 0.25) is 0 Å². The summed E-state index contributed by atoms with van der Waals surface area (Å²) >= 11 is 3.22. The second kappa shape index (κ2) is 4.30. The molecule has 1 aromatic heterocycles. The number of rotatable bonds is 3. The van der Waals surface area contributed by atoms with Gasteiger partial charge in [0.1, 0.15) is 12.0 Å². The molecular formula is C8H10BrNO2. The van der Waals surface area contributed by atoms with Gasteiger partial charge >= 0.3 is 5.63 Å². The first-order chi connectivity index (χ1) is 5.74. The molecule has 66 valence electrons. The highest BCUT2D eigenvalue weighted by molar-refractivity contribution is 9.10. The molecule has 0 saturated carbocycles. The summed E-state index contributed by atoms with van der Waals surface area (Å²) in [6.45, 7) is 2.81. The summed E-state index contributed by atoms with van der Waals surface area (Å²) in [5.41, 5.74) is 0.179. The zero-order chi connectivity index (χ0) is 8.97. The van der Waals surface area contributed by atoms with Crippen molar-refractivity contribution in [1.29, 1.82) is 0 Å². The Kier molecular flexibility index (Phi) is 3.34. The molecule has 0 amide bonds. The number of anilines is 1. The molecule has 0 aliphatic heterocycles. The van der Waals surface area contributed by atoms with Gasteiger partial charge in [-0.15, -0.1) is 0 Å². The minimum absolute atomic E-state index is 0.327. The van der Waals surface area contributed by atoms with E-state index >= 15 is 0 Å². The molecule has 1 rings (SSSR count). The summed E-state index contributed by atoms with van der Waals surface area (Å²) in [6.07, 6.45) is 2.35. The first-order valence-corrected chi connectivity index (χ1v) is 4.55. The Bertz CT molecular complexity index is 308. The summed E-state index contributed by atoms with van der Waals surface area (Å²) in [4.78, 5) is 11.0. The summed E-state index contributed by atoms with van der Waals surface area (Å²) in [5.74, 6) is 0. The van der Waals surface area contributed by atoms with Gasteiger partial charge < -0.3 is 9.73 Å². The highest BCUT2D eigenvalue weighted by Gasteiger charge is 1.99. The fraction of sp³-hybridized carbons (Fsp3) is 0.375. The first kappa shape index (κ1) is 9.32. The molecule has 0 atom stereocenters. The molecule has 4 heteroatoms. The van der Waals surface area contributed by atoms with Crippen molar-refractivity contribution >= 4 is 21.6 Å². The van der Waals surface area contributed by atoms with Gasteiger partial charge in [-0.2, -0.15) is 0 Å². The van der Waals surface area contributed by atoms with Crippen LogP contribution in [0, 0.1) is 0 Å². The van der Waals surface area contributed by atoms with Crippen LogP contribution in [0.15, 0.2) is 26.0 Å². The van der Waals surface area contributed by atoms with E-state index in [0.29, 0.717) is 5.69 Å². The second-order valence-corrected chi connectivity index (χ2v) is 3.31. The van der Waals surface area contributed by atoms with Gasteiger partial charge in [0.15, 0.2) is 0 Å². The lowest BCUT2D eigenvalue weighted by Crippen LogP contribution is -2.10. The van der Waals surface area contributed by atoms with Crippen molar-refractivity contribution in [1.82, 2.24) is 0 Å². The molecular weight excluding hydrogens is 222 g/mol. The molecule has 0 spiro atoms. The van der Waals surface area contributed by atoms with Crippen molar-refractivity contribution in [2.45, 2.75) is 13.3 Å². The maximum Gasteiger partial charge on any atom is 0.359 e. The van der Waals surface area contributed by atoms with E-state index in [4.69, 9.17) is 4.42 Å². The predicted octanol–water partition coefficient (Wildman–Crippen LogP) is 2.22. The van der Waals surface area contributed by atoms with Gasteiger partial charge in [-0.05, 0) is 28.4 Å². The van der Waals surface area contributed by atoms with Crippen LogP contribution in [0.25, 0.3) is 0 Å². The molecule has 0 unspecified atom stereocenters. The Hall–Kier alpha value is -0.770. The number of halogens is 1. The lowest BCUT2D eigenvalue weighted by molar-refractivity contribution is 0.509. The third kappa shape index (κ3) is 2.37. The smallest absolute Gasteiger partial charge is 0.359 e. The van der Waals surface area contributed by atoms with Crippen molar-refractivity contribution < 1.29 is 4.42 Å². The van der Waals surface area contributed by atoms with E-state index in [-0.39, 0.29) is 5.63 Å². The van der Waals surface area contributed by atoms with Gasteiger partial charge in [0, 0.05) is 6.54 Å². The van der Waals surface area contributed by atoms with Crippen LogP contribution >= 0.6 is 15.9 Å². The fourth-order valence-corrected chi connectivity index (χ4v) is 1.11. The molecule has 0 saturated heterocycles. The average molecular weight is 232 g/mol. The molecule has 0 bridgehead atoms. The van der Waals surface area contributed by atoms with Crippen LogP contribution in [0.5, 0.6) is 0 Å². The summed E-state index contributed by atoms with van der Waals surface area (Å²) in [5, 5.41) is 2.97. The van der Waals surface area contributed by atoms with Crippen LogP contribution < -0.4 is 10.9 Å². The highest BCUT2D eigenvalue weighted by atomic mass is 79.9. The van der Waals surface area contributed by atoms with Gasteiger partial charge in [0.25, 0.3) is 0 Å². The number of hydrogen-bond acceptors (Lipinski definition) is 3. The van der Waals surface area contributed by atoms with E-state index in [1.54, 1.807) is 6.07 Å². The van der Waals surface area contributed by atoms with E-state index in [2.05, 4.69) is 21.2 Å². The SMILES string of the molecule is CCCNc1cc(Br)coc1=O. The molecule has 1 heterocycles. The number of hydrogen-bond donors (Lipinski definition) is 1. The van der Waals surface area contributed by atoms with E-state index < -0.39 is 0 Å². The third-order valence-electron chi connectivity index (χ3n) is 1.35. The van der Waals surface area contributed by atoms with Crippen LogP contribution in [-0.2, 0) is 0 Å². The van der Waals surface area contributed by atoms with Crippen molar-refractivity contribution in [3.8, 4) is 0 Å². The Morgan fingerprint density at radius 3 is 3.08 bits per heavy atom. The molecule has 0 aromatic carbocycles. The summed E-state index contributed by atoms with van der Waals surface area (Å²) in [6, 6.07) is 1.71. The van der Waals surface area contributed by atoms with Crippen molar-refractivity contribution in [3.63, 3.8) is 0 Å². The van der Waals surface area contributed by atoms with Crippen molar-refractivity contribution in [2.75, 3.05) is 11.9 Å². The van der Waals surface area contributed by atoms with E-state index in [1.807, 2.05) is 6.92 Å². The minimum atomic E-state index is -0.327. The average Bonchev–Trinajstić information content (AvgIpc) is 2.07. The third-order valence-corrected chi connectivity index (χ3v) is 1.76. The molecule has 0 radical (unpaired) electrons. The Balaban J connectivity index is 2.83. The number of nitrogens with one attached hydrogen (secondary N) is 1. The zero-order valence-corrected chi connectivity index (χ0v) is 8.35. The van der Waals surface area contributed by atoms with Crippen molar-refractivity contribution in [2.24, 2.45) is 0 Å². The van der Waals surface area contributed by atoms with Gasteiger partial charge in [-0.3, -0.25) is 0 Å². The fourth-order valence-electron chi connectivity index (χ4n) is 0.787. The molecule has 1 aromatic rings. The standard InChI is InChI=1S/C8H10BrNO2/c1-2-3-10-7-4-6(9)5-12-8(7)11/h4-5,10H,2-3H2,1H3. The summed E-state index contributed by atoms with van der Waals surface area (Å²) < 4.78 is 5.49. The quantitative estimate of drug-likeness (QED) is 0.868. The second-order valence-electron chi connectivity index (χ2n) is 2.39. The lowest BCUT2D eigenvalue weighted by Gasteiger charge is -2.01. The topological polar surface area (TPSA) is 42.2 Å². The van der Waals surface area contributed by atoms with Gasteiger partial charge in [0.05, 0.1) is 4.47 Å². The normalized spacial score (nSPS) is 9.83. The maximum atomic E-state index is 11.0. The van der Waals surface area contributed by atoms with Crippen molar-refractivity contribution in [3.05, 3.63) is 27.2 Å². The van der Waals surface area contributed by atoms with Gasteiger partial charge in [-0.25, -0.2) is 4.79 Å². The lowest BCUT2D eigenvalue weighted by atomic mass is 10.4. The molecule has 0 aliphatic rings. The highest BCUT2D eigenvalue weighted by Crippen LogP contribution is 2.11.